The SMILES string of the molecule is C1=C[C@]2(CC1)SCS[C@@]21C=CCC1. The van der Waals surface area contributed by atoms with Gasteiger partial charge in [-0.25, -0.2) is 0 Å². The van der Waals surface area contributed by atoms with Crippen LogP contribution in [0.1, 0.15) is 25.7 Å². The Morgan fingerprint density at radius 2 is 1.38 bits per heavy atom. The topological polar surface area (TPSA) is 0 Å². The molecule has 2 heteroatoms. The average molecular weight is 210 g/mol. The summed E-state index contributed by atoms with van der Waals surface area (Å²) >= 11 is 4.35. The molecule has 0 amide bonds. The molecule has 0 aromatic rings. The molecule has 1 fully saturated rings. The monoisotopic (exact) mass is 210 g/mol. The van der Waals surface area contributed by atoms with Gasteiger partial charge in [0.2, 0.25) is 0 Å². The third-order valence-electron chi connectivity index (χ3n) is 3.49. The summed E-state index contributed by atoms with van der Waals surface area (Å²) in [6.45, 7) is 0. The number of allylic oxidation sites excluding steroid dienone is 2. The lowest BCUT2D eigenvalue weighted by Crippen LogP contribution is -2.39. The van der Waals surface area contributed by atoms with E-state index in [0.29, 0.717) is 9.49 Å². The van der Waals surface area contributed by atoms with Gasteiger partial charge in [-0.2, -0.15) is 0 Å². The molecule has 13 heavy (non-hydrogen) atoms. The van der Waals surface area contributed by atoms with Crippen LogP contribution in [0.15, 0.2) is 24.3 Å². The van der Waals surface area contributed by atoms with Crippen molar-refractivity contribution in [2.75, 3.05) is 5.08 Å². The molecule has 1 saturated heterocycles. The van der Waals surface area contributed by atoms with E-state index < -0.39 is 0 Å². The zero-order valence-electron chi connectivity index (χ0n) is 7.66. The maximum atomic E-state index is 2.49. The minimum absolute atomic E-state index is 0.477. The van der Waals surface area contributed by atoms with Crippen molar-refractivity contribution >= 4 is 23.5 Å². The van der Waals surface area contributed by atoms with Crippen molar-refractivity contribution in [1.29, 1.82) is 0 Å². The molecule has 2 aliphatic carbocycles. The smallest absolute Gasteiger partial charge is 0.0532 e. The van der Waals surface area contributed by atoms with Crippen LogP contribution < -0.4 is 0 Å². The summed E-state index contributed by atoms with van der Waals surface area (Å²) in [5.74, 6) is 0. The summed E-state index contributed by atoms with van der Waals surface area (Å²) in [6.07, 6.45) is 15.1. The highest BCUT2D eigenvalue weighted by Crippen LogP contribution is 2.62. The molecule has 0 radical (unpaired) electrons. The van der Waals surface area contributed by atoms with E-state index in [-0.39, 0.29) is 0 Å². The second-order valence-electron chi connectivity index (χ2n) is 4.07. The molecule has 0 N–H and O–H groups in total. The van der Waals surface area contributed by atoms with Crippen molar-refractivity contribution in [3.05, 3.63) is 24.3 Å². The lowest BCUT2D eigenvalue weighted by Gasteiger charge is -2.36. The molecule has 1 heterocycles. The maximum Gasteiger partial charge on any atom is 0.0532 e. The van der Waals surface area contributed by atoms with Crippen LogP contribution in [0, 0.1) is 0 Å². The van der Waals surface area contributed by atoms with Crippen LogP contribution in [0.2, 0.25) is 0 Å². The van der Waals surface area contributed by atoms with E-state index >= 15 is 0 Å². The Morgan fingerprint density at radius 1 is 0.846 bits per heavy atom. The molecular formula is C11H14S2. The Balaban J connectivity index is 2.02. The minimum atomic E-state index is 0.477. The van der Waals surface area contributed by atoms with Crippen LogP contribution in [-0.4, -0.2) is 14.6 Å². The van der Waals surface area contributed by atoms with Gasteiger partial charge in [-0.15, -0.1) is 23.5 Å². The van der Waals surface area contributed by atoms with Crippen molar-refractivity contribution in [3.8, 4) is 0 Å². The van der Waals surface area contributed by atoms with Gasteiger partial charge in [0, 0.05) is 5.08 Å². The first-order valence-corrected chi connectivity index (χ1v) is 6.97. The molecule has 0 aromatic carbocycles. The standard InChI is InChI=1S/C11H14S2/c1-2-6-10(5-1)11(13-9-12-10)7-3-4-8-11/h1,3,5,7H,2,4,6,8-9H2/t10-,11-/m1/s1. The van der Waals surface area contributed by atoms with Crippen LogP contribution >= 0.6 is 23.5 Å². The van der Waals surface area contributed by atoms with Crippen LogP contribution in [0.25, 0.3) is 0 Å². The Kier molecular flexibility index (Phi) is 1.85. The Morgan fingerprint density at radius 3 is 1.77 bits per heavy atom. The molecule has 0 saturated carbocycles. The Bertz CT molecular complexity index is 254. The molecule has 3 aliphatic rings. The van der Waals surface area contributed by atoms with E-state index in [1.54, 1.807) is 0 Å². The fourth-order valence-electron chi connectivity index (χ4n) is 2.74. The zero-order valence-corrected chi connectivity index (χ0v) is 9.29. The molecule has 0 aromatic heterocycles. The predicted octanol–water partition coefficient (Wildman–Crippen LogP) is 3.60. The van der Waals surface area contributed by atoms with E-state index in [1.165, 1.54) is 30.8 Å². The maximum absolute atomic E-state index is 2.49. The molecule has 0 unspecified atom stereocenters. The molecule has 1 aliphatic heterocycles. The second-order valence-corrected chi connectivity index (χ2v) is 7.04. The first-order chi connectivity index (χ1) is 6.37. The summed E-state index contributed by atoms with van der Waals surface area (Å²) in [6, 6.07) is 0. The van der Waals surface area contributed by atoms with Crippen molar-refractivity contribution in [2.45, 2.75) is 35.2 Å². The van der Waals surface area contributed by atoms with Gasteiger partial charge in [-0.3, -0.25) is 0 Å². The number of thioether (sulfide) groups is 2. The van der Waals surface area contributed by atoms with E-state index in [0.717, 1.165) is 0 Å². The lowest BCUT2D eigenvalue weighted by atomic mass is 9.89. The van der Waals surface area contributed by atoms with Gasteiger partial charge in [-0.1, -0.05) is 24.3 Å². The van der Waals surface area contributed by atoms with Crippen LogP contribution in [0.4, 0.5) is 0 Å². The van der Waals surface area contributed by atoms with Gasteiger partial charge in [0.15, 0.2) is 0 Å². The highest BCUT2D eigenvalue weighted by atomic mass is 32.2. The summed E-state index contributed by atoms with van der Waals surface area (Å²) in [4.78, 5) is 0. The van der Waals surface area contributed by atoms with E-state index in [1.807, 2.05) is 0 Å². The normalized spacial score (nSPS) is 47.4. The zero-order chi connectivity index (χ0) is 8.78. The number of hydrogen-bond acceptors (Lipinski definition) is 2. The summed E-state index contributed by atoms with van der Waals surface area (Å²) in [7, 11) is 0. The Labute approximate surface area is 88.2 Å². The van der Waals surface area contributed by atoms with Gasteiger partial charge < -0.3 is 0 Å². The first-order valence-electron chi connectivity index (χ1n) is 5.00. The van der Waals surface area contributed by atoms with Gasteiger partial charge in [0.05, 0.1) is 9.49 Å². The minimum Gasteiger partial charge on any atom is -0.138 e. The van der Waals surface area contributed by atoms with Gasteiger partial charge in [0.25, 0.3) is 0 Å². The van der Waals surface area contributed by atoms with Crippen LogP contribution in [-0.2, 0) is 0 Å². The molecule has 0 nitrogen and oxygen atoms in total. The first kappa shape index (κ1) is 8.49. The summed E-state index contributed by atoms with van der Waals surface area (Å²) in [5, 5.41) is 1.29. The highest BCUT2D eigenvalue weighted by Gasteiger charge is 2.54. The second kappa shape index (κ2) is 2.83. The predicted molar refractivity (Wildman–Crippen MR) is 62.3 cm³/mol. The molecule has 3 rings (SSSR count). The fraction of sp³-hybridized carbons (Fsp3) is 0.636. The number of fused-ring (bicyclic) bond motifs is 1. The van der Waals surface area contributed by atoms with Crippen molar-refractivity contribution in [1.82, 2.24) is 0 Å². The van der Waals surface area contributed by atoms with Crippen molar-refractivity contribution < 1.29 is 0 Å². The van der Waals surface area contributed by atoms with Crippen LogP contribution in [0.5, 0.6) is 0 Å². The third-order valence-corrected chi connectivity index (χ3v) is 7.00. The fourth-order valence-corrected chi connectivity index (χ4v) is 6.75. The molecular weight excluding hydrogens is 196 g/mol. The van der Waals surface area contributed by atoms with Crippen molar-refractivity contribution in [2.24, 2.45) is 0 Å². The lowest BCUT2D eigenvalue weighted by molar-refractivity contribution is 0.552. The van der Waals surface area contributed by atoms with E-state index in [2.05, 4.69) is 47.8 Å². The molecule has 2 atom stereocenters. The average Bonchev–Trinajstić information content (AvgIpc) is 2.79. The molecule has 70 valence electrons. The van der Waals surface area contributed by atoms with Gasteiger partial charge in [0.1, 0.15) is 0 Å². The summed E-state index contributed by atoms with van der Waals surface area (Å²) < 4.78 is 0.954. The van der Waals surface area contributed by atoms with Crippen LogP contribution in [0.3, 0.4) is 0 Å². The number of rotatable bonds is 0. The van der Waals surface area contributed by atoms with E-state index in [4.69, 9.17) is 0 Å². The largest absolute Gasteiger partial charge is 0.138 e. The third kappa shape index (κ3) is 1.02. The molecule has 2 spiro atoms. The quantitative estimate of drug-likeness (QED) is 0.560. The van der Waals surface area contributed by atoms with Gasteiger partial charge in [-0.05, 0) is 25.7 Å². The Hall–Kier alpha value is 0.180. The molecule has 0 bridgehead atoms. The summed E-state index contributed by atoms with van der Waals surface area (Å²) in [5.41, 5.74) is 0. The van der Waals surface area contributed by atoms with Crippen molar-refractivity contribution in [3.63, 3.8) is 0 Å². The number of hydrogen-bond donors (Lipinski definition) is 0. The van der Waals surface area contributed by atoms with Gasteiger partial charge >= 0.3 is 0 Å². The highest BCUT2D eigenvalue weighted by molar-refractivity contribution is 8.21. The van der Waals surface area contributed by atoms with E-state index in [9.17, 15) is 0 Å².